The fraction of sp³-hybridized carbons (Fsp3) is 0.286. The second kappa shape index (κ2) is 5.64. The van der Waals surface area contributed by atoms with Crippen molar-refractivity contribution in [1.29, 1.82) is 0 Å². The highest BCUT2D eigenvalue weighted by molar-refractivity contribution is 5.52. The molecule has 1 aromatic carbocycles. The summed E-state index contributed by atoms with van der Waals surface area (Å²) >= 11 is 0. The first-order chi connectivity index (χ1) is 8.25. The summed E-state index contributed by atoms with van der Waals surface area (Å²) in [6, 6.07) is 6.45. The molecular weight excluding hydrogens is 215 g/mol. The minimum atomic E-state index is -0.205. The lowest BCUT2D eigenvalue weighted by Gasteiger charge is -2.29. The van der Waals surface area contributed by atoms with Gasteiger partial charge in [-0.15, -0.1) is 0 Å². The van der Waals surface area contributed by atoms with Crippen molar-refractivity contribution < 1.29 is 4.39 Å². The molecule has 3 heteroatoms. The number of hydrogen-bond donors (Lipinski definition) is 1. The van der Waals surface area contributed by atoms with Gasteiger partial charge in [0.15, 0.2) is 0 Å². The number of allylic oxidation sites excluding steroid dienone is 1. The zero-order chi connectivity index (χ0) is 12.1. The van der Waals surface area contributed by atoms with E-state index in [1.165, 1.54) is 12.1 Å². The van der Waals surface area contributed by atoms with E-state index in [-0.39, 0.29) is 5.82 Å². The Balaban J connectivity index is 1.95. The van der Waals surface area contributed by atoms with Gasteiger partial charge < -0.3 is 10.2 Å². The molecule has 0 aliphatic carbocycles. The lowest BCUT2D eigenvalue weighted by molar-refractivity contribution is 0.308. The summed E-state index contributed by atoms with van der Waals surface area (Å²) in [4.78, 5) is 2.25. The maximum atomic E-state index is 12.7. The maximum Gasteiger partial charge on any atom is 0.123 e. The summed E-state index contributed by atoms with van der Waals surface area (Å²) in [5, 5.41) is 3.30. The van der Waals surface area contributed by atoms with Crippen LogP contribution < -0.4 is 5.32 Å². The first-order valence-electron chi connectivity index (χ1n) is 5.84. The van der Waals surface area contributed by atoms with Crippen LogP contribution in [0.5, 0.6) is 0 Å². The van der Waals surface area contributed by atoms with E-state index >= 15 is 0 Å². The van der Waals surface area contributed by atoms with E-state index in [1.807, 2.05) is 12.2 Å². The molecule has 0 aromatic heterocycles. The van der Waals surface area contributed by atoms with Gasteiger partial charge in [0.1, 0.15) is 5.82 Å². The van der Waals surface area contributed by atoms with Crippen molar-refractivity contribution in [2.45, 2.75) is 0 Å². The molecule has 2 nitrogen and oxygen atoms in total. The quantitative estimate of drug-likeness (QED) is 0.804. The van der Waals surface area contributed by atoms with E-state index in [2.05, 4.69) is 16.8 Å². The van der Waals surface area contributed by atoms with Crippen LogP contribution in [0.25, 0.3) is 6.08 Å². The maximum absolute atomic E-state index is 12.7. The van der Waals surface area contributed by atoms with E-state index in [4.69, 9.17) is 0 Å². The van der Waals surface area contributed by atoms with Gasteiger partial charge >= 0.3 is 0 Å². The Bertz CT molecular complexity index is 403. The summed E-state index contributed by atoms with van der Waals surface area (Å²) in [5.41, 5.74) is 2.00. The van der Waals surface area contributed by atoms with E-state index in [1.54, 1.807) is 12.1 Å². The number of piperazine rings is 1. The third-order valence-electron chi connectivity index (χ3n) is 2.86. The van der Waals surface area contributed by atoms with Gasteiger partial charge in [0.25, 0.3) is 0 Å². The zero-order valence-electron chi connectivity index (χ0n) is 9.82. The number of hydrogen-bond acceptors (Lipinski definition) is 2. The van der Waals surface area contributed by atoms with Crippen LogP contribution in [0.2, 0.25) is 0 Å². The van der Waals surface area contributed by atoms with Crippen molar-refractivity contribution in [2.75, 3.05) is 26.2 Å². The average Bonchev–Trinajstić information content (AvgIpc) is 2.39. The van der Waals surface area contributed by atoms with Gasteiger partial charge in [0.2, 0.25) is 0 Å². The fourth-order valence-electron chi connectivity index (χ4n) is 1.82. The van der Waals surface area contributed by atoms with Gasteiger partial charge in [-0.1, -0.05) is 24.8 Å². The Morgan fingerprint density at radius 1 is 1.24 bits per heavy atom. The molecule has 17 heavy (non-hydrogen) atoms. The van der Waals surface area contributed by atoms with Crippen LogP contribution in [-0.4, -0.2) is 31.1 Å². The van der Waals surface area contributed by atoms with Gasteiger partial charge in [-0.3, -0.25) is 0 Å². The largest absolute Gasteiger partial charge is 0.369 e. The van der Waals surface area contributed by atoms with Crippen LogP contribution in [0, 0.1) is 5.82 Å². The molecule has 0 unspecified atom stereocenters. The van der Waals surface area contributed by atoms with E-state index < -0.39 is 0 Å². The average molecular weight is 232 g/mol. The smallest absolute Gasteiger partial charge is 0.123 e. The van der Waals surface area contributed by atoms with Crippen molar-refractivity contribution in [1.82, 2.24) is 10.2 Å². The Morgan fingerprint density at radius 2 is 1.88 bits per heavy atom. The molecule has 0 amide bonds. The molecule has 0 radical (unpaired) electrons. The zero-order valence-corrected chi connectivity index (χ0v) is 9.82. The van der Waals surface area contributed by atoms with Crippen molar-refractivity contribution in [2.24, 2.45) is 0 Å². The molecule has 1 aromatic rings. The Labute approximate surface area is 101 Å². The number of rotatable bonds is 3. The second-order valence-corrected chi connectivity index (χ2v) is 4.11. The van der Waals surface area contributed by atoms with Gasteiger partial charge in [-0.25, -0.2) is 4.39 Å². The van der Waals surface area contributed by atoms with E-state index in [9.17, 15) is 4.39 Å². The van der Waals surface area contributed by atoms with Gasteiger partial charge in [-0.2, -0.15) is 0 Å². The summed E-state index contributed by atoms with van der Waals surface area (Å²) < 4.78 is 12.7. The molecule has 1 aliphatic heterocycles. The molecule has 90 valence electrons. The van der Waals surface area contributed by atoms with Gasteiger partial charge in [0.05, 0.1) is 0 Å². The van der Waals surface area contributed by atoms with Crippen molar-refractivity contribution in [3.63, 3.8) is 0 Å². The standard InChI is InChI=1S/C14H17FN2/c1-12(17-10-8-16-9-11-17)2-3-13-4-6-14(15)7-5-13/h2-7,16H,1,8-11H2/b3-2+. The van der Waals surface area contributed by atoms with Crippen LogP contribution in [0.15, 0.2) is 42.6 Å². The second-order valence-electron chi connectivity index (χ2n) is 4.11. The minimum absolute atomic E-state index is 0.205. The lowest BCUT2D eigenvalue weighted by atomic mass is 10.2. The van der Waals surface area contributed by atoms with E-state index in [0.29, 0.717) is 0 Å². The number of nitrogens with one attached hydrogen (secondary N) is 1. The van der Waals surface area contributed by atoms with E-state index in [0.717, 1.165) is 37.4 Å². The summed E-state index contributed by atoms with van der Waals surface area (Å²) in [7, 11) is 0. The monoisotopic (exact) mass is 232 g/mol. The molecule has 0 atom stereocenters. The highest BCUT2D eigenvalue weighted by Crippen LogP contribution is 2.09. The van der Waals surface area contributed by atoms with Crippen LogP contribution in [-0.2, 0) is 0 Å². The normalized spacial score (nSPS) is 16.4. The third-order valence-corrected chi connectivity index (χ3v) is 2.86. The molecule has 1 N–H and O–H groups in total. The Kier molecular flexibility index (Phi) is 3.94. The summed E-state index contributed by atoms with van der Waals surface area (Å²) in [6.07, 6.45) is 3.95. The highest BCUT2D eigenvalue weighted by Gasteiger charge is 2.08. The lowest BCUT2D eigenvalue weighted by Crippen LogP contribution is -2.42. The summed E-state index contributed by atoms with van der Waals surface area (Å²) in [5.74, 6) is -0.205. The number of halogens is 1. The molecular formula is C14H17FN2. The minimum Gasteiger partial charge on any atom is -0.369 e. The third kappa shape index (κ3) is 3.43. The highest BCUT2D eigenvalue weighted by atomic mass is 19.1. The number of benzene rings is 1. The Morgan fingerprint density at radius 3 is 2.53 bits per heavy atom. The van der Waals surface area contributed by atoms with Gasteiger partial charge in [0, 0.05) is 31.9 Å². The molecule has 1 fully saturated rings. The van der Waals surface area contributed by atoms with Crippen molar-refractivity contribution >= 4 is 6.08 Å². The fourth-order valence-corrected chi connectivity index (χ4v) is 1.82. The van der Waals surface area contributed by atoms with Crippen LogP contribution in [0.1, 0.15) is 5.56 Å². The van der Waals surface area contributed by atoms with Gasteiger partial charge in [-0.05, 0) is 23.8 Å². The summed E-state index contributed by atoms with van der Waals surface area (Å²) in [6.45, 7) is 8.04. The predicted molar refractivity (Wildman–Crippen MR) is 69.0 cm³/mol. The van der Waals surface area contributed by atoms with Crippen molar-refractivity contribution in [3.8, 4) is 0 Å². The number of nitrogens with zero attached hydrogens (tertiary/aromatic N) is 1. The van der Waals surface area contributed by atoms with Crippen molar-refractivity contribution in [3.05, 3.63) is 54.0 Å². The predicted octanol–water partition coefficient (Wildman–Crippen LogP) is 2.26. The molecule has 0 spiro atoms. The molecule has 1 saturated heterocycles. The molecule has 1 aliphatic rings. The first-order valence-corrected chi connectivity index (χ1v) is 5.84. The molecule has 2 rings (SSSR count). The molecule has 0 saturated carbocycles. The molecule has 1 heterocycles. The van der Waals surface area contributed by atoms with Crippen LogP contribution in [0.4, 0.5) is 4.39 Å². The van der Waals surface area contributed by atoms with Crippen LogP contribution >= 0.6 is 0 Å². The molecule has 0 bridgehead atoms. The van der Waals surface area contributed by atoms with Crippen LogP contribution in [0.3, 0.4) is 0 Å². The SMILES string of the molecule is C=C(/C=C/c1ccc(F)cc1)N1CCNCC1. The Hall–Kier alpha value is -1.61. The first kappa shape index (κ1) is 11.9. The topological polar surface area (TPSA) is 15.3 Å².